The Morgan fingerprint density at radius 1 is 1.04 bits per heavy atom. The zero-order valence-corrected chi connectivity index (χ0v) is 16.6. The van der Waals surface area contributed by atoms with Crippen LogP contribution < -0.4 is 4.90 Å². The van der Waals surface area contributed by atoms with Crippen molar-refractivity contribution in [2.45, 2.75) is 33.0 Å². The molecule has 1 aliphatic rings. The van der Waals surface area contributed by atoms with Crippen molar-refractivity contribution in [1.29, 1.82) is 0 Å². The first-order valence-corrected chi connectivity index (χ1v) is 9.68. The molecule has 4 aromatic rings. The zero-order valence-electron chi connectivity index (χ0n) is 16.6. The van der Waals surface area contributed by atoms with Gasteiger partial charge < -0.3 is 9.64 Å². The van der Waals surface area contributed by atoms with Crippen LogP contribution in [0.1, 0.15) is 19.5 Å². The molecule has 7 heteroatoms. The third-order valence-electron chi connectivity index (χ3n) is 5.42. The van der Waals surface area contributed by atoms with Gasteiger partial charge in [-0.2, -0.15) is 5.10 Å². The van der Waals surface area contributed by atoms with Gasteiger partial charge in [0.05, 0.1) is 35.3 Å². The molecule has 0 saturated carbocycles. The lowest BCUT2D eigenvalue weighted by Crippen LogP contribution is -2.46. The molecule has 5 rings (SSSR count). The first kappa shape index (κ1) is 17.2. The third kappa shape index (κ3) is 2.74. The van der Waals surface area contributed by atoms with Gasteiger partial charge in [0.15, 0.2) is 5.65 Å². The quantitative estimate of drug-likeness (QED) is 0.538. The van der Waals surface area contributed by atoms with E-state index in [1.54, 1.807) is 0 Å². The summed E-state index contributed by atoms with van der Waals surface area (Å²) in [5.41, 5.74) is 5.06. The standard InChI is InChI=1S/C21H24N6O/c1-13-11-26(12-14(2)28-13)21-8-7-20-22-10-19(27(20)24-21)16-5-6-18-17(9-16)15(3)23-25(18)4/h5-10,13-14H,11-12H2,1-4H3/t13-,14+. The second-order valence-corrected chi connectivity index (χ2v) is 7.71. The van der Waals surface area contributed by atoms with Crippen molar-refractivity contribution in [3.8, 4) is 11.3 Å². The number of ether oxygens (including phenoxy) is 1. The van der Waals surface area contributed by atoms with Gasteiger partial charge in [0, 0.05) is 31.1 Å². The normalized spacial score (nSPS) is 20.4. The van der Waals surface area contributed by atoms with E-state index < -0.39 is 0 Å². The summed E-state index contributed by atoms with van der Waals surface area (Å²) in [6.07, 6.45) is 2.28. The summed E-state index contributed by atoms with van der Waals surface area (Å²) >= 11 is 0. The van der Waals surface area contributed by atoms with Crippen molar-refractivity contribution in [3.63, 3.8) is 0 Å². The van der Waals surface area contributed by atoms with Crippen LogP contribution in [0, 0.1) is 6.92 Å². The fraction of sp³-hybridized carbons (Fsp3) is 0.381. The maximum atomic E-state index is 5.86. The summed E-state index contributed by atoms with van der Waals surface area (Å²) in [7, 11) is 1.97. The summed E-state index contributed by atoms with van der Waals surface area (Å²) in [4.78, 5) is 6.84. The topological polar surface area (TPSA) is 60.5 Å². The Hall–Kier alpha value is -2.93. The molecule has 2 atom stereocenters. The van der Waals surface area contributed by atoms with Crippen LogP contribution in [-0.2, 0) is 11.8 Å². The molecule has 1 aromatic carbocycles. The van der Waals surface area contributed by atoms with E-state index in [9.17, 15) is 0 Å². The molecule has 3 aromatic heterocycles. The highest BCUT2D eigenvalue weighted by molar-refractivity contribution is 5.86. The molecule has 0 unspecified atom stereocenters. The van der Waals surface area contributed by atoms with E-state index in [4.69, 9.17) is 9.84 Å². The first-order valence-electron chi connectivity index (χ1n) is 9.68. The van der Waals surface area contributed by atoms with Crippen molar-refractivity contribution in [2.75, 3.05) is 18.0 Å². The number of imidazole rings is 1. The van der Waals surface area contributed by atoms with Gasteiger partial charge in [0.25, 0.3) is 0 Å². The summed E-state index contributed by atoms with van der Waals surface area (Å²) in [6, 6.07) is 10.5. The van der Waals surface area contributed by atoms with Crippen molar-refractivity contribution in [2.24, 2.45) is 7.05 Å². The van der Waals surface area contributed by atoms with Gasteiger partial charge in [0.2, 0.25) is 0 Å². The van der Waals surface area contributed by atoms with Crippen LogP contribution in [0.5, 0.6) is 0 Å². The molecule has 0 aliphatic carbocycles. The van der Waals surface area contributed by atoms with Crippen molar-refractivity contribution >= 4 is 22.4 Å². The number of fused-ring (bicyclic) bond motifs is 2. The predicted octanol–water partition coefficient (Wildman–Crippen LogP) is 3.21. The highest BCUT2D eigenvalue weighted by Crippen LogP contribution is 2.27. The molecule has 0 radical (unpaired) electrons. The van der Waals surface area contributed by atoms with E-state index in [1.807, 2.05) is 41.5 Å². The lowest BCUT2D eigenvalue weighted by Gasteiger charge is -2.35. The summed E-state index contributed by atoms with van der Waals surface area (Å²) in [6.45, 7) is 7.93. The van der Waals surface area contributed by atoms with Gasteiger partial charge in [-0.05, 0) is 45.0 Å². The SMILES string of the molecule is Cc1nn(C)c2ccc(-c3cnc4ccc(N5C[C@@H](C)O[C@@H](C)C5)nn34)cc12. The van der Waals surface area contributed by atoms with E-state index in [0.717, 1.165) is 52.4 Å². The number of rotatable bonds is 2. The predicted molar refractivity (Wildman–Crippen MR) is 110 cm³/mol. The minimum absolute atomic E-state index is 0.194. The van der Waals surface area contributed by atoms with Crippen LogP contribution in [0.4, 0.5) is 5.82 Å². The van der Waals surface area contributed by atoms with Crippen LogP contribution >= 0.6 is 0 Å². The van der Waals surface area contributed by atoms with Gasteiger partial charge in [-0.25, -0.2) is 9.50 Å². The molecule has 28 heavy (non-hydrogen) atoms. The van der Waals surface area contributed by atoms with Gasteiger partial charge in [-0.3, -0.25) is 4.68 Å². The van der Waals surface area contributed by atoms with Crippen LogP contribution in [0.2, 0.25) is 0 Å². The average molecular weight is 376 g/mol. The Bertz CT molecular complexity index is 1170. The van der Waals surface area contributed by atoms with Crippen molar-refractivity contribution < 1.29 is 4.74 Å². The molecule has 0 N–H and O–H groups in total. The third-order valence-corrected chi connectivity index (χ3v) is 5.42. The monoisotopic (exact) mass is 376 g/mol. The molecule has 0 spiro atoms. The fourth-order valence-corrected chi connectivity index (χ4v) is 4.19. The summed E-state index contributed by atoms with van der Waals surface area (Å²) in [5.74, 6) is 0.951. The Balaban J connectivity index is 1.60. The molecule has 1 aliphatic heterocycles. The fourth-order valence-electron chi connectivity index (χ4n) is 4.19. The maximum absolute atomic E-state index is 5.86. The van der Waals surface area contributed by atoms with Gasteiger partial charge in [-0.1, -0.05) is 6.07 Å². The Morgan fingerprint density at radius 2 is 1.82 bits per heavy atom. The van der Waals surface area contributed by atoms with Gasteiger partial charge >= 0.3 is 0 Å². The minimum Gasteiger partial charge on any atom is -0.372 e. The second kappa shape index (κ2) is 6.31. The van der Waals surface area contributed by atoms with Crippen LogP contribution in [0.3, 0.4) is 0 Å². The lowest BCUT2D eigenvalue weighted by molar-refractivity contribution is -0.00551. The highest BCUT2D eigenvalue weighted by Gasteiger charge is 2.24. The maximum Gasteiger partial charge on any atom is 0.154 e. The number of anilines is 1. The molecule has 4 heterocycles. The Morgan fingerprint density at radius 3 is 2.61 bits per heavy atom. The molecule has 7 nitrogen and oxygen atoms in total. The minimum atomic E-state index is 0.194. The molecule has 1 fully saturated rings. The van der Waals surface area contributed by atoms with Gasteiger partial charge in [-0.15, -0.1) is 5.10 Å². The van der Waals surface area contributed by atoms with Crippen molar-refractivity contribution in [3.05, 3.63) is 42.2 Å². The van der Waals surface area contributed by atoms with E-state index >= 15 is 0 Å². The first-order chi connectivity index (χ1) is 13.5. The van der Waals surface area contributed by atoms with Crippen LogP contribution in [0.15, 0.2) is 36.5 Å². The number of nitrogens with zero attached hydrogens (tertiary/aromatic N) is 6. The number of aryl methyl sites for hydroxylation is 2. The van der Waals surface area contributed by atoms with E-state index in [2.05, 4.69) is 47.0 Å². The van der Waals surface area contributed by atoms with E-state index in [1.165, 1.54) is 0 Å². The Labute approximate surface area is 163 Å². The van der Waals surface area contributed by atoms with Crippen molar-refractivity contribution in [1.82, 2.24) is 24.4 Å². The number of benzene rings is 1. The zero-order chi connectivity index (χ0) is 19.4. The summed E-state index contributed by atoms with van der Waals surface area (Å²) in [5, 5.41) is 10.6. The highest BCUT2D eigenvalue weighted by atomic mass is 16.5. The Kier molecular flexibility index (Phi) is 3.87. The van der Waals surface area contributed by atoms with E-state index in [0.29, 0.717) is 0 Å². The number of hydrogen-bond donors (Lipinski definition) is 0. The molecular formula is C21H24N6O. The average Bonchev–Trinajstić information content (AvgIpc) is 3.21. The molecule has 144 valence electrons. The number of aromatic nitrogens is 5. The van der Waals surface area contributed by atoms with Gasteiger partial charge in [0.1, 0.15) is 5.82 Å². The van der Waals surface area contributed by atoms with E-state index in [-0.39, 0.29) is 12.2 Å². The molecule has 0 amide bonds. The van der Waals surface area contributed by atoms with Crippen LogP contribution in [0.25, 0.3) is 27.8 Å². The second-order valence-electron chi connectivity index (χ2n) is 7.71. The smallest absolute Gasteiger partial charge is 0.154 e. The molecule has 0 bridgehead atoms. The number of hydrogen-bond acceptors (Lipinski definition) is 5. The summed E-state index contributed by atoms with van der Waals surface area (Å²) < 4.78 is 9.72. The largest absolute Gasteiger partial charge is 0.372 e. The van der Waals surface area contributed by atoms with Crippen LogP contribution in [-0.4, -0.2) is 49.7 Å². The number of morpholine rings is 1. The lowest BCUT2D eigenvalue weighted by atomic mass is 10.1. The molecular weight excluding hydrogens is 352 g/mol. The molecule has 1 saturated heterocycles.